The van der Waals surface area contributed by atoms with Crippen LogP contribution in [0.4, 0.5) is 0 Å². The van der Waals surface area contributed by atoms with Crippen molar-refractivity contribution in [2.45, 2.75) is 31.3 Å². The van der Waals surface area contributed by atoms with Crippen LogP contribution in [0.15, 0.2) is 23.8 Å². The highest BCUT2D eigenvalue weighted by Gasteiger charge is 2.52. The minimum atomic E-state index is 0.173. The molecule has 4 heteroatoms. The number of nitrogens with zero attached hydrogens (tertiary/aromatic N) is 1. The molecule has 4 fully saturated rings. The lowest BCUT2D eigenvalue weighted by atomic mass is 9.71. The molecule has 1 aromatic carbocycles. The van der Waals surface area contributed by atoms with Crippen molar-refractivity contribution in [3.05, 3.63) is 39.4 Å². The predicted octanol–water partition coefficient (Wildman–Crippen LogP) is 4.06. The molecule has 4 bridgehead atoms. The molecule has 0 amide bonds. The fourth-order valence-electron chi connectivity index (χ4n) is 4.48. The van der Waals surface area contributed by atoms with Gasteiger partial charge in [0.25, 0.3) is 0 Å². The van der Waals surface area contributed by atoms with Crippen molar-refractivity contribution in [3.8, 4) is 0 Å². The molecule has 4 aliphatic heterocycles. The lowest BCUT2D eigenvalue weighted by molar-refractivity contribution is -0.117. The van der Waals surface area contributed by atoms with Gasteiger partial charge >= 0.3 is 0 Å². The molecule has 4 heterocycles. The van der Waals surface area contributed by atoms with Crippen LogP contribution >= 0.6 is 23.2 Å². The molecule has 1 unspecified atom stereocenters. The predicted molar refractivity (Wildman–Crippen MR) is 85.6 cm³/mol. The van der Waals surface area contributed by atoms with Gasteiger partial charge in [0, 0.05) is 24.5 Å². The summed E-state index contributed by atoms with van der Waals surface area (Å²) in [6.07, 6.45) is 6.96. The molecule has 2 nitrogen and oxygen atoms in total. The molecular weight excluding hydrogens is 305 g/mol. The van der Waals surface area contributed by atoms with Crippen LogP contribution in [0.3, 0.4) is 0 Å². The summed E-state index contributed by atoms with van der Waals surface area (Å²) >= 11 is 12.1. The van der Waals surface area contributed by atoms with Gasteiger partial charge in [0.2, 0.25) is 0 Å². The molecule has 21 heavy (non-hydrogen) atoms. The van der Waals surface area contributed by atoms with Gasteiger partial charge in [-0.15, -0.1) is 0 Å². The summed E-state index contributed by atoms with van der Waals surface area (Å²) in [4.78, 5) is 14.1. The maximum absolute atomic E-state index is 11.5. The van der Waals surface area contributed by atoms with Crippen LogP contribution < -0.4 is 0 Å². The lowest BCUT2D eigenvalue weighted by Crippen LogP contribution is -2.56. The number of hydrogen-bond acceptors (Lipinski definition) is 2. The first kappa shape index (κ1) is 13.8. The van der Waals surface area contributed by atoms with E-state index in [2.05, 4.69) is 11.0 Å². The van der Waals surface area contributed by atoms with Gasteiger partial charge in [-0.25, -0.2) is 0 Å². The Morgan fingerprint density at radius 1 is 1.19 bits per heavy atom. The fraction of sp³-hybridized carbons (Fsp3) is 0.471. The number of carbonyl (C=O) groups is 1. The molecular formula is C17H17Cl2NO. The summed E-state index contributed by atoms with van der Waals surface area (Å²) in [6, 6.07) is 6.90. The van der Waals surface area contributed by atoms with E-state index in [-0.39, 0.29) is 5.92 Å². The molecule has 5 atom stereocenters. The van der Waals surface area contributed by atoms with Gasteiger partial charge in [-0.3, -0.25) is 4.90 Å². The maximum atomic E-state index is 11.5. The van der Waals surface area contributed by atoms with Gasteiger partial charge in [0.05, 0.1) is 10.0 Å². The Morgan fingerprint density at radius 3 is 2.81 bits per heavy atom. The third-order valence-electron chi connectivity index (χ3n) is 5.42. The van der Waals surface area contributed by atoms with Gasteiger partial charge < -0.3 is 4.79 Å². The molecule has 0 saturated carbocycles. The zero-order valence-electron chi connectivity index (χ0n) is 11.6. The number of benzene rings is 1. The van der Waals surface area contributed by atoms with Crippen LogP contribution in [-0.4, -0.2) is 29.8 Å². The van der Waals surface area contributed by atoms with Crippen LogP contribution in [0.25, 0.3) is 6.08 Å². The Balaban J connectivity index is 1.68. The van der Waals surface area contributed by atoms with Gasteiger partial charge in [-0.2, -0.15) is 0 Å². The Bertz CT molecular complexity index is 627. The van der Waals surface area contributed by atoms with E-state index in [1.54, 1.807) is 0 Å². The zero-order chi connectivity index (χ0) is 14.6. The normalized spacial score (nSPS) is 39.0. The molecule has 0 N–H and O–H groups in total. The topological polar surface area (TPSA) is 20.3 Å². The van der Waals surface area contributed by atoms with E-state index < -0.39 is 0 Å². The molecule has 0 spiro atoms. The van der Waals surface area contributed by atoms with Gasteiger partial charge in [0.15, 0.2) is 0 Å². The largest absolute Gasteiger partial charge is 0.303 e. The first-order valence-corrected chi connectivity index (χ1v) is 8.29. The number of carbonyl (C=O) groups excluding carboxylic acids is 1. The molecule has 5 rings (SSSR count). The van der Waals surface area contributed by atoms with Crippen molar-refractivity contribution in [2.75, 3.05) is 6.54 Å². The Kier molecular flexibility index (Phi) is 3.36. The molecule has 110 valence electrons. The van der Waals surface area contributed by atoms with Crippen LogP contribution in [0, 0.1) is 11.8 Å². The number of aldehydes is 1. The highest BCUT2D eigenvalue weighted by Crippen LogP contribution is 2.49. The van der Waals surface area contributed by atoms with E-state index in [0.717, 1.165) is 18.5 Å². The van der Waals surface area contributed by atoms with Crippen LogP contribution in [0.2, 0.25) is 10.0 Å². The maximum Gasteiger partial charge on any atom is 0.125 e. The summed E-state index contributed by atoms with van der Waals surface area (Å²) in [7, 11) is 0. The van der Waals surface area contributed by atoms with Crippen LogP contribution in [0.5, 0.6) is 0 Å². The molecule has 0 aromatic heterocycles. The number of halogens is 2. The molecule has 0 aliphatic carbocycles. The fourth-order valence-corrected chi connectivity index (χ4v) is 4.78. The lowest BCUT2D eigenvalue weighted by Gasteiger charge is -2.50. The van der Waals surface area contributed by atoms with Gasteiger partial charge in [0.1, 0.15) is 6.29 Å². The average Bonchev–Trinajstić information content (AvgIpc) is 2.79. The van der Waals surface area contributed by atoms with Gasteiger partial charge in [-0.05, 0) is 42.9 Å². The van der Waals surface area contributed by atoms with E-state index in [4.69, 9.17) is 23.2 Å². The first-order valence-electron chi connectivity index (χ1n) is 7.54. The number of piperidine rings is 3. The van der Waals surface area contributed by atoms with E-state index in [0.29, 0.717) is 28.0 Å². The van der Waals surface area contributed by atoms with E-state index in [9.17, 15) is 4.79 Å². The molecule has 4 saturated heterocycles. The third-order valence-corrected chi connectivity index (χ3v) is 6.16. The van der Waals surface area contributed by atoms with Crippen LogP contribution in [-0.2, 0) is 4.79 Å². The number of hydrogen-bond donors (Lipinski definition) is 0. The monoisotopic (exact) mass is 321 g/mol. The van der Waals surface area contributed by atoms with E-state index in [1.807, 2.05) is 18.2 Å². The Morgan fingerprint density at radius 2 is 2.05 bits per heavy atom. The summed E-state index contributed by atoms with van der Waals surface area (Å²) in [6.45, 7) is 1.00. The Labute approximate surface area is 134 Å². The SMILES string of the molecule is O=C[C@H]1[C@@H]2C[C@@H]3CC[C@H]1N3C/C2=C\c1ccc(Cl)c(Cl)c1. The molecule has 4 aliphatic rings. The van der Waals surface area contributed by atoms with Crippen molar-refractivity contribution in [1.82, 2.24) is 4.90 Å². The van der Waals surface area contributed by atoms with Crippen molar-refractivity contribution in [3.63, 3.8) is 0 Å². The van der Waals surface area contributed by atoms with Gasteiger partial charge in [-0.1, -0.05) is 40.9 Å². The minimum Gasteiger partial charge on any atom is -0.303 e. The smallest absolute Gasteiger partial charge is 0.125 e. The van der Waals surface area contributed by atoms with Crippen LogP contribution in [0.1, 0.15) is 24.8 Å². The Hall–Kier alpha value is -0.830. The average molecular weight is 322 g/mol. The zero-order valence-corrected chi connectivity index (χ0v) is 13.1. The third kappa shape index (κ3) is 2.16. The standard InChI is InChI=1S/C17H17Cl2NO/c18-15-3-1-10(6-16(15)19)5-11-8-20-12-2-4-17(20)14(9-21)13(11)7-12/h1,3,5-6,9,12-14,17H,2,4,7-8H2/b11-5+/t12-,13+,14-,17+/m0/s1. The number of rotatable bonds is 2. The van der Waals surface area contributed by atoms with Crippen molar-refractivity contribution in [2.24, 2.45) is 11.8 Å². The summed E-state index contributed by atoms with van der Waals surface area (Å²) in [5.41, 5.74) is 2.45. The summed E-state index contributed by atoms with van der Waals surface area (Å²) < 4.78 is 0. The minimum absolute atomic E-state index is 0.173. The van der Waals surface area contributed by atoms with E-state index in [1.165, 1.54) is 24.7 Å². The quantitative estimate of drug-likeness (QED) is 0.766. The van der Waals surface area contributed by atoms with Crippen molar-refractivity contribution in [1.29, 1.82) is 0 Å². The second-order valence-corrected chi connectivity index (χ2v) is 7.23. The summed E-state index contributed by atoms with van der Waals surface area (Å²) in [5.74, 6) is 0.589. The van der Waals surface area contributed by atoms with E-state index >= 15 is 0 Å². The second kappa shape index (κ2) is 5.12. The number of fused-ring (bicyclic) bond motifs is 1. The second-order valence-electron chi connectivity index (χ2n) is 6.42. The molecule has 0 radical (unpaired) electrons. The van der Waals surface area contributed by atoms with Crippen molar-refractivity contribution >= 4 is 35.6 Å². The highest BCUT2D eigenvalue weighted by molar-refractivity contribution is 6.42. The highest BCUT2D eigenvalue weighted by atomic mass is 35.5. The first-order chi connectivity index (χ1) is 10.2. The molecule has 1 aromatic rings. The summed E-state index contributed by atoms with van der Waals surface area (Å²) in [5, 5.41) is 1.16. The van der Waals surface area contributed by atoms with Crippen molar-refractivity contribution < 1.29 is 4.79 Å².